The van der Waals surface area contributed by atoms with E-state index in [1.165, 1.54) is 11.0 Å². The second-order valence-corrected chi connectivity index (χ2v) is 8.51. The van der Waals surface area contributed by atoms with Crippen LogP contribution >= 0.6 is 0 Å². The zero-order chi connectivity index (χ0) is 23.8. The van der Waals surface area contributed by atoms with Crippen molar-refractivity contribution in [3.05, 3.63) is 24.0 Å². The van der Waals surface area contributed by atoms with Crippen LogP contribution in [0.25, 0.3) is 0 Å². The summed E-state index contributed by atoms with van der Waals surface area (Å²) >= 11 is 0. The van der Waals surface area contributed by atoms with Gasteiger partial charge in [0.2, 0.25) is 18.2 Å². The van der Waals surface area contributed by atoms with Crippen LogP contribution in [0.3, 0.4) is 0 Å². The Hall–Kier alpha value is -2.72. The van der Waals surface area contributed by atoms with Gasteiger partial charge in [-0.3, -0.25) is 19.6 Å². The van der Waals surface area contributed by atoms with Crippen molar-refractivity contribution in [1.82, 2.24) is 9.96 Å². The van der Waals surface area contributed by atoms with Crippen molar-refractivity contribution in [3.8, 4) is 0 Å². The third-order valence-corrected chi connectivity index (χ3v) is 6.19. The van der Waals surface area contributed by atoms with Gasteiger partial charge in [-0.2, -0.15) is 0 Å². The highest BCUT2D eigenvalue weighted by Gasteiger charge is 2.37. The minimum atomic E-state index is -0.674. The molecule has 3 rings (SSSR count). The van der Waals surface area contributed by atoms with Gasteiger partial charge in [0.1, 0.15) is 11.9 Å². The molecule has 0 unspecified atom stereocenters. The number of likely N-dealkylation sites (tertiary alicyclic amines) is 1. The Bertz CT molecular complexity index is 833. The molecule has 0 bridgehead atoms. The predicted molar refractivity (Wildman–Crippen MR) is 120 cm³/mol. The van der Waals surface area contributed by atoms with E-state index < -0.39 is 17.8 Å². The van der Waals surface area contributed by atoms with Gasteiger partial charge in [-0.25, -0.2) is 9.45 Å². The molecule has 2 N–H and O–H groups in total. The van der Waals surface area contributed by atoms with E-state index >= 15 is 0 Å². The molecule has 0 spiro atoms. The highest BCUT2D eigenvalue weighted by atomic mass is 19.1. The van der Waals surface area contributed by atoms with Crippen molar-refractivity contribution in [2.24, 2.45) is 5.92 Å². The molecule has 2 aliphatic heterocycles. The van der Waals surface area contributed by atoms with E-state index in [-0.39, 0.29) is 24.8 Å². The number of hydrogen-bond acceptors (Lipinski definition) is 6. The molecule has 33 heavy (non-hydrogen) atoms. The van der Waals surface area contributed by atoms with Gasteiger partial charge in [0.05, 0.1) is 31.4 Å². The van der Waals surface area contributed by atoms with E-state index in [0.717, 1.165) is 12.8 Å². The Labute approximate surface area is 193 Å². The van der Waals surface area contributed by atoms with Crippen LogP contribution < -0.4 is 10.2 Å². The number of ether oxygens (including phenoxy) is 1. The summed E-state index contributed by atoms with van der Waals surface area (Å²) < 4.78 is 20.0. The van der Waals surface area contributed by atoms with E-state index in [2.05, 4.69) is 5.32 Å². The number of hydrogen-bond donors (Lipinski definition) is 2. The van der Waals surface area contributed by atoms with Crippen LogP contribution in [-0.4, -0.2) is 78.8 Å². The Kier molecular flexibility index (Phi) is 9.02. The number of morpholine rings is 1. The molecule has 182 valence electrons. The van der Waals surface area contributed by atoms with Gasteiger partial charge in [-0.1, -0.05) is 19.8 Å². The average Bonchev–Trinajstić information content (AvgIpc) is 3.32. The maximum atomic E-state index is 14.7. The van der Waals surface area contributed by atoms with Crippen molar-refractivity contribution in [2.45, 2.75) is 45.1 Å². The van der Waals surface area contributed by atoms with Crippen molar-refractivity contribution in [3.63, 3.8) is 0 Å². The average molecular weight is 465 g/mol. The lowest BCUT2D eigenvalue weighted by molar-refractivity contribution is -0.157. The van der Waals surface area contributed by atoms with Crippen LogP contribution in [0.4, 0.5) is 15.8 Å². The Morgan fingerprint density at radius 2 is 2.09 bits per heavy atom. The summed E-state index contributed by atoms with van der Waals surface area (Å²) in [5.41, 5.74) is 0.801. The third-order valence-electron chi connectivity index (χ3n) is 6.19. The zero-order valence-corrected chi connectivity index (χ0v) is 19.0. The number of hydroxylamine groups is 2. The molecule has 0 aliphatic carbocycles. The summed E-state index contributed by atoms with van der Waals surface area (Å²) in [4.78, 5) is 40.4. The first-order valence-corrected chi connectivity index (χ1v) is 11.6. The molecule has 0 saturated carbocycles. The number of benzene rings is 1. The molecule has 9 nitrogen and oxygen atoms in total. The van der Waals surface area contributed by atoms with Crippen LogP contribution in [-0.2, 0) is 19.1 Å². The molecule has 1 aromatic rings. The van der Waals surface area contributed by atoms with Gasteiger partial charge in [0.15, 0.2) is 0 Å². The van der Waals surface area contributed by atoms with Gasteiger partial charge in [-0.15, -0.1) is 0 Å². The molecule has 0 radical (unpaired) electrons. The molecule has 10 heteroatoms. The Balaban J connectivity index is 1.66. The lowest BCUT2D eigenvalue weighted by Gasteiger charge is -2.30. The number of rotatable bonds is 10. The van der Waals surface area contributed by atoms with Crippen LogP contribution in [0.15, 0.2) is 18.2 Å². The SMILES string of the molecule is CCCC[C@H](CN(O)C=O)C(=O)N1CCC[C@H]1C(=O)Nc1ccc(N2CCOCC2)c(F)c1. The lowest BCUT2D eigenvalue weighted by Crippen LogP contribution is -2.47. The van der Waals surface area contributed by atoms with Gasteiger partial charge < -0.3 is 19.9 Å². The van der Waals surface area contributed by atoms with E-state index in [0.29, 0.717) is 68.5 Å². The summed E-state index contributed by atoms with van der Waals surface area (Å²) in [5, 5.41) is 12.8. The van der Waals surface area contributed by atoms with E-state index in [1.807, 2.05) is 11.8 Å². The number of unbranched alkanes of at least 4 members (excludes halogenated alkanes) is 1. The second kappa shape index (κ2) is 11.9. The summed E-state index contributed by atoms with van der Waals surface area (Å²) in [6, 6.07) is 3.92. The number of nitrogens with zero attached hydrogens (tertiary/aromatic N) is 3. The molecular weight excluding hydrogens is 431 g/mol. The fourth-order valence-corrected chi connectivity index (χ4v) is 4.42. The number of nitrogens with one attached hydrogen (secondary N) is 1. The third kappa shape index (κ3) is 6.42. The molecule has 2 aliphatic rings. The first-order chi connectivity index (χ1) is 15.9. The Morgan fingerprint density at radius 3 is 2.76 bits per heavy atom. The fraction of sp³-hybridized carbons (Fsp3) is 0.609. The number of anilines is 2. The van der Waals surface area contributed by atoms with Crippen molar-refractivity contribution < 1.29 is 28.7 Å². The second-order valence-electron chi connectivity index (χ2n) is 8.51. The summed E-state index contributed by atoms with van der Waals surface area (Å²) in [7, 11) is 0. The van der Waals surface area contributed by atoms with Crippen molar-refractivity contribution in [1.29, 1.82) is 0 Å². The van der Waals surface area contributed by atoms with E-state index in [9.17, 15) is 24.0 Å². The highest BCUT2D eigenvalue weighted by Crippen LogP contribution is 2.26. The van der Waals surface area contributed by atoms with Gasteiger partial charge >= 0.3 is 0 Å². The molecule has 1 aromatic carbocycles. The summed E-state index contributed by atoms with van der Waals surface area (Å²) in [6.07, 6.45) is 3.59. The monoisotopic (exact) mass is 464 g/mol. The molecule has 2 atom stereocenters. The molecule has 0 aromatic heterocycles. The maximum absolute atomic E-state index is 14.7. The summed E-state index contributed by atoms with van der Waals surface area (Å²) in [6.45, 7) is 4.62. The lowest BCUT2D eigenvalue weighted by atomic mass is 9.99. The number of halogens is 1. The Morgan fingerprint density at radius 1 is 1.33 bits per heavy atom. The smallest absolute Gasteiger partial charge is 0.247 e. The first kappa shape index (κ1) is 24.9. The molecule has 2 saturated heterocycles. The number of carbonyl (C=O) groups excluding carboxylic acids is 3. The quantitative estimate of drug-likeness (QED) is 0.313. The molecule has 2 fully saturated rings. The minimum Gasteiger partial charge on any atom is -0.378 e. The van der Waals surface area contributed by atoms with Gasteiger partial charge in [-0.05, 0) is 37.5 Å². The standard InChI is InChI=1S/C23H33FN4O5/c1-2-3-5-17(15-27(32)16-29)23(31)28-9-4-6-21(28)22(30)25-18-7-8-20(19(24)14-18)26-10-12-33-13-11-26/h7-8,14,16-17,21,32H,2-6,9-13,15H2,1H3,(H,25,30)/t17-,21+/m1/s1. The highest BCUT2D eigenvalue weighted by molar-refractivity contribution is 5.98. The van der Waals surface area contributed by atoms with Gasteiger partial charge in [0, 0.05) is 25.3 Å². The van der Waals surface area contributed by atoms with Crippen molar-refractivity contribution >= 4 is 29.6 Å². The fourth-order valence-electron chi connectivity index (χ4n) is 4.42. The van der Waals surface area contributed by atoms with Crippen molar-refractivity contribution in [2.75, 3.05) is 49.6 Å². The van der Waals surface area contributed by atoms with Crippen LogP contribution in [0.1, 0.15) is 39.0 Å². The van der Waals surface area contributed by atoms with Crippen LogP contribution in [0, 0.1) is 11.7 Å². The van der Waals surface area contributed by atoms with E-state index in [4.69, 9.17) is 4.74 Å². The largest absolute Gasteiger partial charge is 0.378 e. The van der Waals surface area contributed by atoms with E-state index in [1.54, 1.807) is 12.1 Å². The minimum absolute atomic E-state index is 0.110. The summed E-state index contributed by atoms with van der Waals surface area (Å²) in [5.74, 6) is -1.63. The van der Waals surface area contributed by atoms with Gasteiger partial charge in [0.25, 0.3) is 0 Å². The number of carbonyl (C=O) groups is 3. The topological polar surface area (TPSA) is 102 Å². The molecular formula is C23H33FN4O5. The van der Waals surface area contributed by atoms with Crippen LogP contribution in [0.2, 0.25) is 0 Å². The maximum Gasteiger partial charge on any atom is 0.247 e. The molecule has 2 heterocycles. The predicted octanol–water partition coefficient (Wildman–Crippen LogP) is 2.25. The molecule has 3 amide bonds. The number of amides is 3. The van der Waals surface area contributed by atoms with Crippen LogP contribution in [0.5, 0.6) is 0 Å². The zero-order valence-electron chi connectivity index (χ0n) is 19.0. The first-order valence-electron chi connectivity index (χ1n) is 11.6. The normalized spacial score (nSPS) is 19.3.